The second-order valence-electron chi connectivity index (χ2n) is 7.90. The van der Waals surface area contributed by atoms with E-state index < -0.39 is 0 Å². The van der Waals surface area contributed by atoms with E-state index in [4.69, 9.17) is 14.2 Å². The lowest BCUT2D eigenvalue weighted by Crippen LogP contribution is -2.47. The van der Waals surface area contributed by atoms with Crippen LogP contribution in [-0.4, -0.2) is 51.5 Å². The van der Waals surface area contributed by atoms with Gasteiger partial charge < -0.3 is 24.4 Å². The maximum atomic E-state index is 12.7. The average Bonchev–Trinajstić information content (AvgIpc) is 3.32. The Balaban J connectivity index is 1.31. The van der Waals surface area contributed by atoms with E-state index in [0.29, 0.717) is 12.2 Å². The second kappa shape index (κ2) is 9.85. The Morgan fingerprint density at radius 3 is 2.73 bits per heavy atom. The molecule has 2 fully saturated rings. The lowest BCUT2D eigenvalue weighted by Gasteiger charge is -2.35. The minimum Gasteiger partial charge on any atom is -0.495 e. The summed E-state index contributed by atoms with van der Waals surface area (Å²) in [7, 11) is 1.69. The Morgan fingerprint density at radius 1 is 1.13 bits per heavy atom. The number of anilines is 1. The van der Waals surface area contributed by atoms with Crippen molar-refractivity contribution in [2.45, 2.75) is 37.8 Å². The molecule has 2 saturated heterocycles. The maximum Gasteiger partial charge on any atom is 0.251 e. The number of hydrogen-bond acceptors (Lipinski definition) is 5. The predicted octanol–water partition coefficient (Wildman–Crippen LogP) is 3.65. The zero-order chi connectivity index (χ0) is 20.8. The van der Waals surface area contributed by atoms with Crippen LogP contribution in [0.15, 0.2) is 48.5 Å². The molecule has 1 N–H and O–H groups in total. The van der Waals surface area contributed by atoms with E-state index in [1.54, 1.807) is 7.11 Å². The number of methoxy groups -OCH3 is 1. The molecule has 160 valence electrons. The normalized spacial score (nSPS) is 21.3. The lowest BCUT2D eigenvalue weighted by molar-refractivity contribution is 0.0679. The second-order valence-corrected chi connectivity index (χ2v) is 7.90. The van der Waals surface area contributed by atoms with Crippen LogP contribution in [-0.2, 0) is 4.74 Å². The zero-order valence-electron chi connectivity index (χ0n) is 17.5. The largest absolute Gasteiger partial charge is 0.495 e. The quantitative estimate of drug-likeness (QED) is 0.755. The van der Waals surface area contributed by atoms with Crippen LogP contribution < -0.4 is 19.7 Å². The summed E-state index contributed by atoms with van der Waals surface area (Å²) in [5.74, 6) is 1.58. The van der Waals surface area contributed by atoms with Gasteiger partial charge in [-0.25, -0.2) is 0 Å². The highest BCUT2D eigenvalue weighted by Crippen LogP contribution is 2.30. The van der Waals surface area contributed by atoms with Crippen molar-refractivity contribution in [3.8, 4) is 11.5 Å². The topological polar surface area (TPSA) is 60.0 Å². The van der Waals surface area contributed by atoms with Crippen molar-refractivity contribution in [2.24, 2.45) is 0 Å². The molecule has 0 aliphatic carbocycles. The van der Waals surface area contributed by atoms with Gasteiger partial charge >= 0.3 is 0 Å². The minimum absolute atomic E-state index is 0.0486. The fourth-order valence-corrected chi connectivity index (χ4v) is 4.14. The molecule has 1 amide bonds. The molecule has 2 aromatic carbocycles. The van der Waals surface area contributed by atoms with Crippen molar-refractivity contribution in [3.05, 3.63) is 54.1 Å². The van der Waals surface area contributed by atoms with E-state index in [0.717, 1.165) is 62.6 Å². The number of piperidine rings is 1. The van der Waals surface area contributed by atoms with Crippen molar-refractivity contribution >= 4 is 11.6 Å². The van der Waals surface area contributed by atoms with Gasteiger partial charge in [0.25, 0.3) is 5.91 Å². The number of benzene rings is 2. The van der Waals surface area contributed by atoms with Gasteiger partial charge in [0.1, 0.15) is 18.1 Å². The number of carbonyl (C=O) groups excluding carboxylic acids is 1. The van der Waals surface area contributed by atoms with E-state index in [2.05, 4.69) is 16.3 Å². The summed E-state index contributed by atoms with van der Waals surface area (Å²) in [6.07, 6.45) is 4.33. The van der Waals surface area contributed by atoms with Crippen LogP contribution >= 0.6 is 0 Å². The number of hydrogen-bond donors (Lipinski definition) is 1. The Bertz CT molecular complexity index is 833. The molecule has 6 nitrogen and oxygen atoms in total. The van der Waals surface area contributed by atoms with Crippen LogP contribution in [0.2, 0.25) is 0 Å². The van der Waals surface area contributed by atoms with Gasteiger partial charge in [0, 0.05) is 31.3 Å². The molecule has 2 aromatic rings. The van der Waals surface area contributed by atoms with Crippen molar-refractivity contribution in [3.63, 3.8) is 0 Å². The van der Waals surface area contributed by atoms with Crippen LogP contribution in [0.25, 0.3) is 0 Å². The number of ether oxygens (including phenoxy) is 3. The molecule has 2 atom stereocenters. The molecule has 6 heteroatoms. The van der Waals surface area contributed by atoms with Crippen LogP contribution in [0.4, 0.5) is 5.69 Å². The Morgan fingerprint density at radius 2 is 1.97 bits per heavy atom. The third-order valence-electron chi connectivity index (χ3n) is 5.76. The first-order chi connectivity index (χ1) is 14.7. The fourth-order valence-electron chi connectivity index (χ4n) is 4.14. The van der Waals surface area contributed by atoms with Gasteiger partial charge in [-0.3, -0.25) is 4.79 Å². The monoisotopic (exact) mass is 410 g/mol. The van der Waals surface area contributed by atoms with Crippen LogP contribution in [0.5, 0.6) is 11.5 Å². The number of nitrogens with one attached hydrogen (secondary N) is 1. The van der Waals surface area contributed by atoms with Gasteiger partial charge in [-0.05, 0) is 62.1 Å². The Labute approximate surface area is 178 Å². The fraction of sp³-hybridized carbons (Fsp3) is 0.458. The number of carbonyl (C=O) groups is 1. The molecule has 0 radical (unpaired) electrons. The van der Waals surface area contributed by atoms with Crippen molar-refractivity contribution in [1.82, 2.24) is 5.32 Å². The van der Waals surface area contributed by atoms with Gasteiger partial charge in [0.2, 0.25) is 0 Å². The van der Waals surface area contributed by atoms with Crippen LogP contribution in [0, 0.1) is 0 Å². The third kappa shape index (κ3) is 5.05. The maximum absolute atomic E-state index is 12.7. The molecule has 4 rings (SSSR count). The molecule has 0 aromatic heterocycles. The summed E-state index contributed by atoms with van der Waals surface area (Å²) < 4.78 is 16.9. The molecule has 0 bridgehead atoms. The first-order valence-corrected chi connectivity index (χ1v) is 10.8. The van der Waals surface area contributed by atoms with Crippen LogP contribution in [0.3, 0.4) is 0 Å². The summed E-state index contributed by atoms with van der Waals surface area (Å²) >= 11 is 0. The highest BCUT2D eigenvalue weighted by Gasteiger charge is 2.24. The Hall–Kier alpha value is -2.73. The van der Waals surface area contributed by atoms with Crippen molar-refractivity contribution in [2.75, 3.05) is 38.3 Å². The first-order valence-electron chi connectivity index (χ1n) is 10.8. The number of amides is 1. The summed E-state index contributed by atoms with van der Waals surface area (Å²) in [5, 5.41) is 3.19. The number of rotatable bonds is 7. The molecule has 0 saturated carbocycles. The molecular formula is C24H30N2O4. The predicted molar refractivity (Wildman–Crippen MR) is 117 cm³/mol. The average molecular weight is 411 g/mol. The lowest BCUT2D eigenvalue weighted by atomic mass is 10.0. The minimum atomic E-state index is -0.0486. The van der Waals surface area contributed by atoms with Crippen LogP contribution in [0.1, 0.15) is 36.0 Å². The van der Waals surface area contributed by atoms with Gasteiger partial charge in [0.05, 0.1) is 18.9 Å². The molecule has 0 spiro atoms. The van der Waals surface area contributed by atoms with E-state index in [1.165, 1.54) is 0 Å². The van der Waals surface area contributed by atoms with Gasteiger partial charge in [-0.15, -0.1) is 0 Å². The molecular weight excluding hydrogens is 380 g/mol. The first kappa shape index (κ1) is 20.5. The van der Waals surface area contributed by atoms with E-state index in [1.807, 2.05) is 42.5 Å². The molecule has 2 aliphatic rings. The molecule has 2 unspecified atom stereocenters. The molecule has 30 heavy (non-hydrogen) atoms. The summed E-state index contributed by atoms with van der Waals surface area (Å²) in [5.41, 5.74) is 1.72. The standard InChI is InChI=1S/C24H30N2O4/c1-28-23-9-3-2-8-22(23)26-14-4-6-19(16-26)25-24(27)18-10-12-20(13-11-18)30-17-21-7-5-15-29-21/h2-3,8-13,19,21H,4-7,14-17H2,1H3,(H,25,27). The smallest absolute Gasteiger partial charge is 0.251 e. The van der Waals surface area contributed by atoms with Gasteiger partial charge in [-0.2, -0.15) is 0 Å². The number of para-hydroxylation sites is 2. The van der Waals surface area contributed by atoms with E-state index >= 15 is 0 Å². The van der Waals surface area contributed by atoms with Crippen molar-refractivity contribution < 1.29 is 19.0 Å². The SMILES string of the molecule is COc1ccccc1N1CCCC(NC(=O)c2ccc(OCC3CCCO3)cc2)C1. The summed E-state index contributed by atoms with van der Waals surface area (Å²) in [6, 6.07) is 15.5. The Kier molecular flexibility index (Phi) is 6.74. The number of nitrogens with zero attached hydrogens (tertiary/aromatic N) is 1. The van der Waals surface area contributed by atoms with Gasteiger partial charge in [0.15, 0.2) is 0 Å². The van der Waals surface area contributed by atoms with E-state index in [-0.39, 0.29) is 18.1 Å². The zero-order valence-corrected chi connectivity index (χ0v) is 17.5. The van der Waals surface area contributed by atoms with Crippen molar-refractivity contribution in [1.29, 1.82) is 0 Å². The van der Waals surface area contributed by atoms with Gasteiger partial charge in [-0.1, -0.05) is 12.1 Å². The third-order valence-corrected chi connectivity index (χ3v) is 5.76. The molecule has 2 aliphatic heterocycles. The summed E-state index contributed by atoms with van der Waals surface area (Å²) in [6.45, 7) is 3.12. The highest BCUT2D eigenvalue weighted by molar-refractivity contribution is 5.94. The van der Waals surface area contributed by atoms with E-state index in [9.17, 15) is 4.79 Å². The highest BCUT2D eigenvalue weighted by atomic mass is 16.5. The summed E-state index contributed by atoms with van der Waals surface area (Å²) in [4.78, 5) is 15.0. The molecule has 2 heterocycles.